The van der Waals surface area contributed by atoms with E-state index in [2.05, 4.69) is 43.4 Å². The Kier molecular flexibility index (Phi) is 3.93. The topological polar surface area (TPSA) is 49.4 Å². The second-order valence-electron chi connectivity index (χ2n) is 9.36. The van der Waals surface area contributed by atoms with Crippen molar-refractivity contribution >= 4 is 11.8 Å². The minimum atomic E-state index is -0.965. The van der Waals surface area contributed by atoms with Gasteiger partial charge in [0.2, 0.25) is 5.91 Å². The number of nitrogens with zero attached hydrogens (tertiary/aromatic N) is 1. The van der Waals surface area contributed by atoms with Crippen molar-refractivity contribution in [2.75, 3.05) is 6.54 Å². The third-order valence-corrected chi connectivity index (χ3v) is 7.38. The van der Waals surface area contributed by atoms with E-state index in [1.807, 2.05) is 41.3 Å². The Balaban J connectivity index is 1.86. The summed E-state index contributed by atoms with van der Waals surface area (Å²) in [7, 11) is 0. The third-order valence-electron chi connectivity index (χ3n) is 7.38. The van der Waals surface area contributed by atoms with Gasteiger partial charge in [0.15, 0.2) is 0 Å². The van der Waals surface area contributed by atoms with Gasteiger partial charge in [-0.25, -0.2) is 0 Å². The molecule has 0 aromatic heterocycles. The van der Waals surface area contributed by atoms with Gasteiger partial charge in [0.25, 0.3) is 5.91 Å². The van der Waals surface area contributed by atoms with Gasteiger partial charge in [-0.2, -0.15) is 0 Å². The molecule has 4 nitrogen and oxygen atoms in total. The van der Waals surface area contributed by atoms with Gasteiger partial charge in [-0.1, -0.05) is 74.5 Å². The van der Waals surface area contributed by atoms with Crippen LogP contribution >= 0.6 is 0 Å². The fourth-order valence-corrected chi connectivity index (χ4v) is 6.38. The van der Waals surface area contributed by atoms with Gasteiger partial charge < -0.3 is 10.2 Å². The predicted octanol–water partition coefficient (Wildman–Crippen LogP) is 3.65. The molecule has 1 N–H and O–H groups in total. The molecule has 4 saturated heterocycles. The Morgan fingerprint density at radius 1 is 0.966 bits per heavy atom. The van der Waals surface area contributed by atoms with E-state index in [0.717, 1.165) is 24.0 Å². The Labute approximate surface area is 172 Å². The lowest BCUT2D eigenvalue weighted by atomic mass is 9.49. The molecule has 150 valence electrons. The predicted molar refractivity (Wildman–Crippen MR) is 112 cm³/mol. The van der Waals surface area contributed by atoms with E-state index in [-0.39, 0.29) is 17.7 Å². The van der Waals surface area contributed by atoms with Crippen LogP contribution in [0.2, 0.25) is 0 Å². The molecule has 4 aliphatic heterocycles. The molecule has 0 saturated carbocycles. The van der Waals surface area contributed by atoms with Gasteiger partial charge in [-0.3, -0.25) is 9.59 Å². The molecule has 0 radical (unpaired) electrons. The zero-order valence-corrected chi connectivity index (χ0v) is 17.2. The maximum atomic E-state index is 14.1. The van der Waals surface area contributed by atoms with Gasteiger partial charge in [-0.15, -0.1) is 0 Å². The van der Waals surface area contributed by atoms with Gasteiger partial charge in [0.05, 0.1) is 5.41 Å². The molecule has 6 rings (SSSR count). The van der Waals surface area contributed by atoms with Crippen LogP contribution < -0.4 is 5.32 Å². The molecule has 4 heterocycles. The zero-order valence-electron chi connectivity index (χ0n) is 17.2. The van der Waals surface area contributed by atoms with Crippen LogP contribution in [0, 0.1) is 5.92 Å². The van der Waals surface area contributed by atoms with Crippen LogP contribution in [-0.2, 0) is 15.0 Å². The minimum absolute atomic E-state index is 0.0396. The zero-order chi connectivity index (χ0) is 20.3. The summed E-state index contributed by atoms with van der Waals surface area (Å²) in [5, 5.41) is 3.33. The number of carbonyl (C=O) groups is 2. The van der Waals surface area contributed by atoms with Crippen molar-refractivity contribution < 1.29 is 9.59 Å². The molecular weight excluding hydrogens is 360 g/mol. The number of carbonyl (C=O) groups excluding carboxylic acids is 2. The van der Waals surface area contributed by atoms with E-state index >= 15 is 0 Å². The molecule has 4 aliphatic rings. The van der Waals surface area contributed by atoms with Crippen molar-refractivity contribution in [2.45, 2.75) is 56.0 Å². The number of nitrogens with one attached hydrogen (secondary N) is 1. The highest BCUT2D eigenvalue weighted by atomic mass is 16.2. The average molecular weight is 389 g/mol. The van der Waals surface area contributed by atoms with E-state index < -0.39 is 16.5 Å². The molecule has 0 aliphatic carbocycles. The summed E-state index contributed by atoms with van der Waals surface area (Å²) < 4.78 is 0. The largest absolute Gasteiger partial charge is 0.339 e. The van der Waals surface area contributed by atoms with Crippen LogP contribution in [0.3, 0.4) is 0 Å². The first-order valence-corrected chi connectivity index (χ1v) is 10.7. The molecule has 2 bridgehead atoms. The number of hydrogen-bond acceptors (Lipinski definition) is 2. The smallest absolute Gasteiger partial charge is 0.250 e. The highest BCUT2D eigenvalue weighted by Crippen LogP contribution is 2.60. The lowest BCUT2D eigenvalue weighted by molar-refractivity contribution is -0.176. The van der Waals surface area contributed by atoms with Gasteiger partial charge >= 0.3 is 0 Å². The first-order valence-electron chi connectivity index (χ1n) is 10.7. The van der Waals surface area contributed by atoms with Crippen molar-refractivity contribution in [2.24, 2.45) is 5.92 Å². The molecule has 29 heavy (non-hydrogen) atoms. The normalized spacial score (nSPS) is 29.8. The monoisotopic (exact) mass is 388 g/mol. The number of rotatable bonds is 4. The number of benzene rings is 2. The van der Waals surface area contributed by atoms with Crippen molar-refractivity contribution in [3.8, 4) is 0 Å². The molecule has 2 amide bonds. The summed E-state index contributed by atoms with van der Waals surface area (Å²) in [4.78, 5) is 29.5. The molecular formula is C25H28N2O2. The number of piperazine rings is 1. The summed E-state index contributed by atoms with van der Waals surface area (Å²) in [6, 6.07) is 20.7. The summed E-state index contributed by atoms with van der Waals surface area (Å²) in [6.45, 7) is 4.95. The first-order chi connectivity index (χ1) is 14.0. The molecule has 2 aromatic carbocycles. The summed E-state index contributed by atoms with van der Waals surface area (Å²) in [5.41, 5.74) is -0.0440. The Morgan fingerprint density at radius 2 is 1.55 bits per heavy atom. The van der Waals surface area contributed by atoms with Crippen LogP contribution in [0.4, 0.5) is 0 Å². The van der Waals surface area contributed by atoms with E-state index in [9.17, 15) is 9.59 Å². The average Bonchev–Trinajstić information content (AvgIpc) is 3.16. The lowest BCUT2D eigenvalue weighted by Crippen LogP contribution is -2.86. The molecule has 1 spiro atoms. The van der Waals surface area contributed by atoms with E-state index in [4.69, 9.17) is 0 Å². The first kappa shape index (κ1) is 18.4. The fourth-order valence-electron chi connectivity index (χ4n) is 6.38. The second-order valence-corrected chi connectivity index (χ2v) is 9.36. The Hall–Kier alpha value is -2.62. The van der Waals surface area contributed by atoms with Gasteiger partial charge in [0, 0.05) is 6.54 Å². The number of fused-ring (bicyclic) bond motifs is 2. The molecule has 4 heteroatoms. The second kappa shape index (κ2) is 6.19. The molecule has 2 unspecified atom stereocenters. The molecule has 2 aromatic rings. The van der Waals surface area contributed by atoms with Crippen molar-refractivity contribution in [3.63, 3.8) is 0 Å². The van der Waals surface area contributed by atoms with Crippen LogP contribution in [0.5, 0.6) is 0 Å². The quantitative estimate of drug-likeness (QED) is 0.869. The van der Waals surface area contributed by atoms with Crippen molar-refractivity contribution in [3.05, 3.63) is 71.8 Å². The van der Waals surface area contributed by atoms with Gasteiger partial charge in [0.1, 0.15) is 11.1 Å². The Bertz CT molecular complexity index is 916. The maximum absolute atomic E-state index is 14.1. The summed E-state index contributed by atoms with van der Waals surface area (Å²) >= 11 is 0. The van der Waals surface area contributed by atoms with Crippen LogP contribution in [0.25, 0.3) is 0 Å². The SMILES string of the molecule is CC(C)CC12NC(=O)C3(CCCN3C1=O)CC2(c1ccccc1)c1ccccc1. The van der Waals surface area contributed by atoms with E-state index in [0.29, 0.717) is 19.4 Å². The lowest BCUT2D eigenvalue weighted by Gasteiger charge is -2.65. The summed E-state index contributed by atoms with van der Waals surface area (Å²) in [6.07, 6.45) is 2.90. The highest BCUT2D eigenvalue weighted by Gasteiger charge is 2.75. The molecule has 2 atom stereocenters. The maximum Gasteiger partial charge on any atom is 0.250 e. The van der Waals surface area contributed by atoms with Crippen LogP contribution in [-0.4, -0.2) is 34.3 Å². The fraction of sp³-hybridized carbons (Fsp3) is 0.440. The number of amides is 2. The van der Waals surface area contributed by atoms with Crippen LogP contribution in [0.15, 0.2) is 60.7 Å². The minimum Gasteiger partial charge on any atom is -0.339 e. The Morgan fingerprint density at radius 3 is 2.10 bits per heavy atom. The summed E-state index contributed by atoms with van der Waals surface area (Å²) in [5.74, 6) is 0.402. The van der Waals surface area contributed by atoms with Gasteiger partial charge in [-0.05, 0) is 42.7 Å². The highest BCUT2D eigenvalue weighted by molar-refractivity contribution is 6.07. The van der Waals surface area contributed by atoms with E-state index in [1.54, 1.807) is 0 Å². The third kappa shape index (κ3) is 2.20. The van der Waals surface area contributed by atoms with Crippen LogP contribution in [0.1, 0.15) is 50.7 Å². The van der Waals surface area contributed by atoms with Crippen molar-refractivity contribution in [1.29, 1.82) is 0 Å². The number of hydrogen-bond donors (Lipinski definition) is 1. The van der Waals surface area contributed by atoms with Crippen molar-refractivity contribution in [1.82, 2.24) is 10.2 Å². The molecule has 4 fully saturated rings. The number of piperidine rings is 2. The standard InChI is InChI=1S/C25H28N2O2/c1-18(2)16-25-22(29)27-15-9-14-23(27,21(28)26-25)17-24(25,19-10-5-3-6-11-19)20-12-7-4-8-13-20/h3-8,10-13,18H,9,14-17H2,1-2H3,(H,26,28). The van der Waals surface area contributed by atoms with E-state index in [1.165, 1.54) is 0 Å².